The normalized spacial score (nSPS) is 13.7. The molecule has 120 valence electrons. The molecule has 1 fully saturated rings. The third-order valence-corrected chi connectivity index (χ3v) is 4.58. The summed E-state index contributed by atoms with van der Waals surface area (Å²) in [5, 5.41) is 0. The second-order valence-corrected chi connectivity index (χ2v) is 6.85. The number of carbonyl (C=O) groups is 1. The molecule has 2 aromatic rings. The first-order valence-corrected chi connectivity index (χ1v) is 8.63. The summed E-state index contributed by atoms with van der Waals surface area (Å²) in [6.07, 6.45) is 2.62. The summed E-state index contributed by atoms with van der Waals surface area (Å²) in [6, 6.07) is 16.3. The maximum Gasteiger partial charge on any atom is 0.227 e. The van der Waals surface area contributed by atoms with Crippen LogP contribution in [0.25, 0.3) is 0 Å². The van der Waals surface area contributed by atoms with Gasteiger partial charge in [0.05, 0.1) is 6.42 Å². The Balaban J connectivity index is 1.70. The number of likely N-dealkylation sites (N-methyl/N-ethyl adjacent to an activating group) is 1. The summed E-state index contributed by atoms with van der Waals surface area (Å²) in [5.74, 6) is 0.921. The van der Waals surface area contributed by atoms with E-state index in [-0.39, 0.29) is 5.91 Å². The third kappa shape index (κ3) is 4.35. The first-order valence-electron chi connectivity index (χ1n) is 7.84. The molecule has 1 amide bonds. The molecule has 0 spiro atoms. The average molecular weight is 374 g/mol. The molecule has 3 rings (SSSR count). The van der Waals surface area contributed by atoms with E-state index in [1.807, 2.05) is 60.5 Å². The summed E-state index contributed by atoms with van der Waals surface area (Å²) < 4.78 is 6.90. The van der Waals surface area contributed by atoms with Gasteiger partial charge in [-0.25, -0.2) is 0 Å². The molecule has 0 atom stereocenters. The first-order chi connectivity index (χ1) is 11.1. The van der Waals surface area contributed by atoms with Crippen LogP contribution in [0.1, 0.15) is 24.0 Å². The summed E-state index contributed by atoms with van der Waals surface area (Å²) in [6.45, 7) is 0.502. The Bertz CT molecular complexity index is 683. The van der Waals surface area contributed by atoms with Gasteiger partial charge in [-0.3, -0.25) is 4.79 Å². The van der Waals surface area contributed by atoms with E-state index in [4.69, 9.17) is 4.74 Å². The van der Waals surface area contributed by atoms with Crippen LogP contribution in [-0.4, -0.2) is 23.9 Å². The summed E-state index contributed by atoms with van der Waals surface area (Å²) >= 11 is 3.48. The minimum atomic E-state index is 0.148. The van der Waals surface area contributed by atoms with E-state index in [0.717, 1.165) is 34.2 Å². The van der Waals surface area contributed by atoms with E-state index in [1.165, 1.54) is 0 Å². The highest BCUT2D eigenvalue weighted by atomic mass is 79.9. The standard InChI is InChI=1S/C19H20BrNO2/c1-21(17-8-9-17)19(22)12-15-11-16(20)7-10-18(15)23-13-14-5-3-2-4-6-14/h2-7,10-11,17H,8-9,12-13H2,1H3. The molecule has 0 saturated heterocycles. The fourth-order valence-electron chi connectivity index (χ4n) is 2.52. The fourth-order valence-corrected chi connectivity index (χ4v) is 2.92. The van der Waals surface area contributed by atoms with Crippen LogP contribution in [0.5, 0.6) is 5.75 Å². The van der Waals surface area contributed by atoms with Gasteiger partial charge in [-0.1, -0.05) is 46.3 Å². The van der Waals surface area contributed by atoms with E-state index in [1.54, 1.807) is 0 Å². The summed E-state index contributed by atoms with van der Waals surface area (Å²) in [5.41, 5.74) is 2.04. The van der Waals surface area contributed by atoms with Gasteiger partial charge in [0.1, 0.15) is 12.4 Å². The smallest absolute Gasteiger partial charge is 0.227 e. The van der Waals surface area contributed by atoms with Gasteiger partial charge in [-0.15, -0.1) is 0 Å². The van der Waals surface area contributed by atoms with Gasteiger partial charge in [0.25, 0.3) is 0 Å². The van der Waals surface area contributed by atoms with Crippen molar-refractivity contribution >= 4 is 21.8 Å². The van der Waals surface area contributed by atoms with Crippen LogP contribution in [0.4, 0.5) is 0 Å². The number of hydrogen-bond donors (Lipinski definition) is 0. The number of benzene rings is 2. The Hall–Kier alpha value is -1.81. The van der Waals surface area contributed by atoms with Crippen LogP contribution in [0.15, 0.2) is 53.0 Å². The zero-order valence-corrected chi connectivity index (χ0v) is 14.8. The lowest BCUT2D eigenvalue weighted by molar-refractivity contribution is -0.129. The Morgan fingerprint density at radius 1 is 1.22 bits per heavy atom. The minimum Gasteiger partial charge on any atom is -0.489 e. The Labute approximate surface area is 145 Å². The van der Waals surface area contributed by atoms with E-state index >= 15 is 0 Å². The van der Waals surface area contributed by atoms with Gasteiger partial charge >= 0.3 is 0 Å². The van der Waals surface area contributed by atoms with Crippen molar-refractivity contribution in [3.8, 4) is 5.75 Å². The van der Waals surface area contributed by atoms with Crippen molar-refractivity contribution in [2.75, 3.05) is 7.05 Å². The molecule has 0 aliphatic heterocycles. The lowest BCUT2D eigenvalue weighted by Crippen LogP contribution is -2.30. The van der Waals surface area contributed by atoms with Crippen molar-refractivity contribution in [3.05, 3.63) is 64.1 Å². The van der Waals surface area contributed by atoms with Crippen LogP contribution in [-0.2, 0) is 17.8 Å². The molecule has 2 aromatic carbocycles. The van der Waals surface area contributed by atoms with Crippen LogP contribution >= 0.6 is 15.9 Å². The van der Waals surface area contributed by atoms with Gasteiger partial charge in [0.15, 0.2) is 0 Å². The molecule has 0 N–H and O–H groups in total. The van der Waals surface area contributed by atoms with Crippen LogP contribution < -0.4 is 4.74 Å². The van der Waals surface area contributed by atoms with Gasteiger partial charge in [-0.2, -0.15) is 0 Å². The van der Waals surface area contributed by atoms with Gasteiger partial charge in [-0.05, 0) is 36.6 Å². The molecule has 1 saturated carbocycles. The topological polar surface area (TPSA) is 29.5 Å². The highest BCUT2D eigenvalue weighted by Crippen LogP contribution is 2.28. The maximum atomic E-state index is 12.4. The fraction of sp³-hybridized carbons (Fsp3) is 0.316. The SMILES string of the molecule is CN(C(=O)Cc1cc(Br)ccc1OCc1ccccc1)C1CC1. The number of hydrogen-bond acceptors (Lipinski definition) is 2. The molecule has 1 aliphatic rings. The van der Waals surface area contributed by atoms with E-state index in [2.05, 4.69) is 15.9 Å². The quantitative estimate of drug-likeness (QED) is 0.759. The maximum absolute atomic E-state index is 12.4. The second-order valence-electron chi connectivity index (χ2n) is 5.94. The predicted molar refractivity (Wildman–Crippen MR) is 94.4 cm³/mol. The first kappa shape index (κ1) is 16.1. The van der Waals surface area contributed by atoms with Crippen molar-refractivity contribution < 1.29 is 9.53 Å². The summed E-state index contributed by atoms with van der Waals surface area (Å²) in [7, 11) is 1.89. The minimum absolute atomic E-state index is 0.148. The molecular weight excluding hydrogens is 354 g/mol. The van der Waals surface area contributed by atoms with Gasteiger partial charge in [0.2, 0.25) is 5.91 Å². The van der Waals surface area contributed by atoms with Gasteiger partial charge < -0.3 is 9.64 Å². The van der Waals surface area contributed by atoms with E-state index in [0.29, 0.717) is 19.1 Å². The largest absolute Gasteiger partial charge is 0.489 e. The van der Waals surface area contributed by atoms with Crippen molar-refractivity contribution in [1.82, 2.24) is 4.90 Å². The Morgan fingerprint density at radius 2 is 1.96 bits per heavy atom. The number of halogens is 1. The lowest BCUT2D eigenvalue weighted by atomic mass is 10.1. The Kier molecular flexibility index (Phi) is 5.01. The van der Waals surface area contributed by atoms with Crippen molar-refractivity contribution in [3.63, 3.8) is 0 Å². The molecule has 23 heavy (non-hydrogen) atoms. The van der Waals surface area contributed by atoms with E-state index < -0.39 is 0 Å². The molecule has 0 heterocycles. The monoisotopic (exact) mass is 373 g/mol. The molecule has 3 nitrogen and oxygen atoms in total. The van der Waals surface area contributed by atoms with Crippen molar-refractivity contribution in [2.45, 2.75) is 31.9 Å². The number of ether oxygens (including phenoxy) is 1. The summed E-state index contributed by atoms with van der Waals surface area (Å²) in [4.78, 5) is 14.2. The van der Waals surface area contributed by atoms with Crippen LogP contribution in [0, 0.1) is 0 Å². The molecule has 0 unspecified atom stereocenters. The van der Waals surface area contributed by atoms with Crippen molar-refractivity contribution in [1.29, 1.82) is 0 Å². The predicted octanol–water partition coefficient (Wildman–Crippen LogP) is 4.19. The molecule has 1 aliphatic carbocycles. The van der Waals surface area contributed by atoms with Crippen molar-refractivity contribution in [2.24, 2.45) is 0 Å². The molecule has 4 heteroatoms. The third-order valence-electron chi connectivity index (χ3n) is 4.09. The van der Waals surface area contributed by atoms with Gasteiger partial charge in [0, 0.05) is 23.1 Å². The number of amides is 1. The molecule has 0 aromatic heterocycles. The van der Waals surface area contributed by atoms with E-state index in [9.17, 15) is 4.79 Å². The average Bonchev–Trinajstić information content (AvgIpc) is 3.39. The number of carbonyl (C=O) groups excluding carboxylic acids is 1. The highest BCUT2D eigenvalue weighted by molar-refractivity contribution is 9.10. The highest BCUT2D eigenvalue weighted by Gasteiger charge is 2.29. The Morgan fingerprint density at radius 3 is 2.65 bits per heavy atom. The second kappa shape index (κ2) is 7.18. The van der Waals surface area contributed by atoms with Crippen LogP contribution in [0.3, 0.4) is 0 Å². The lowest BCUT2D eigenvalue weighted by Gasteiger charge is -2.18. The zero-order chi connectivity index (χ0) is 16.2. The van der Waals surface area contributed by atoms with Crippen LogP contribution in [0.2, 0.25) is 0 Å². The number of nitrogens with zero attached hydrogens (tertiary/aromatic N) is 1. The number of rotatable bonds is 6. The zero-order valence-electron chi connectivity index (χ0n) is 13.2. The molecule has 0 radical (unpaired) electrons. The molecular formula is C19H20BrNO2. The molecule has 0 bridgehead atoms.